The standard InChI is InChI=1S/C34H36NSe.C13H24O2.Ir/c1-20-17-26-28(34(7,8)15-14-33(26,5)6)31-27(20)24-13-16-35-29(30(24)36-31)22-18-21-11-9-10-12-23(21)25(19-22)32(2,3)4;1-5-10(6-2)12(14)9-13(15)11(7-3)8-4;/h9-13,16-17,19H,14-15H2,1-8H3;9-11,14H,5-8H2,1-4H3;/q-1;;/b;12-9-;. The average molecular weight is 942 g/mol. The summed E-state index contributed by atoms with van der Waals surface area (Å²) >= 11 is 0.219. The van der Waals surface area contributed by atoms with E-state index in [0.717, 1.165) is 36.9 Å². The van der Waals surface area contributed by atoms with Crippen molar-refractivity contribution in [1.29, 1.82) is 0 Å². The molecule has 52 heavy (non-hydrogen) atoms. The van der Waals surface area contributed by atoms with Crippen molar-refractivity contribution in [3.05, 3.63) is 88.8 Å². The molecule has 1 aliphatic rings. The summed E-state index contributed by atoms with van der Waals surface area (Å²) in [7, 11) is 0. The number of rotatable bonds is 8. The van der Waals surface area contributed by atoms with Gasteiger partial charge in [-0.15, -0.1) is 0 Å². The largest absolute Gasteiger partial charge is 0 e. The first-order valence-corrected chi connectivity index (χ1v) is 21.0. The molecule has 3 aromatic carbocycles. The Hall–Kier alpha value is -2.55. The van der Waals surface area contributed by atoms with Crippen LogP contribution >= 0.6 is 0 Å². The van der Waals surface area contributed by atoms with Crippen LogP contribution in [0.4, 0.5) is 0 Å². The predicted molar refractivity (Wildman–Crippen MR) is 221 cm³/mol. The fourth-order valence-corrected chi connectivity index (χ4v) is 11.5. The molecule has 1 radical (unpaired) electrons. The number of hydrogen-bond acceptors (Lipinski definition) is 3. The second-order valence-corrected chi connectivity index (χ2v) is 19.3. The summed E-state index contributed by atoms with van der Waals surface area (Å²) in [6.45, 7) is 27.1. The summed E-state index contributed by atoms with van der Waals surface area (Å²) < 4.78 is 3.04. The maximum absolute atomic E-state index is 11.7. The van der Waals surface area contributed by atoms with Gasteiger partial charge in [-0.3, -0.25) is 4.79 Å². The smallest absolute Gasteiger partial charge is 0 e. The van der Waals surface area contributed by atoms with Crippen LogP contribution in [0.3, 0.4) is 0 Å². The molecule has 1 N–H and O–H groups in total. The van der Waals surface area contributed by atoms with Crippen molar-refractivity contribution in [2.45, 2.75) is 138 Å². The molecular weight excluding hydrogens is 882 g/mol. The number of aromatic nitrogens is 1. The van der Waals surface area contributed by atoms with E-state index in [4.69, 9.17) is 4.98 Å². The first-order valence-electron chi connectivity index (χ1n) is 19.2. The van der Waals surface area contributed by atoms with Crippen LogP contribution in [0, 0.1) is 24.8 Å². The number of aliphatic hydroxyl groups excluding tert-OH is 1. The molecule has 2 aromatic heterocycles. The van der Waals surface area contributed by atoms with Crippen molar-refractivity contribution in [1.82, 2.24) is 4.98 Å². The topological polar surface area (TPSA) is 50.2 Å². The average Bonchev–Trinajstić information content (AvgIpc) is 3.47. The minimum absolute atomic E-state index is 0. The number of fused-ring (bicyclic) bond motifs is 6. The van der Waals surface area contributed by atoms with Crippen LogP contribution in [0.2, 0.25) is 0 Å². The van der Waals surface area contributed by atoms with E-state index in [9.17, 15) is 9.90 Å². The number of carbonyl (C=O) groups is 1. The monoisotopic (exact) mass is 943 g/mol. The molecule has 0 unspecified atom stereocenters. The fraction of sp³-hybridized carbons (Fsp3) is 0.489. The van der Waals surface area contributed by atoms with Gasteiger partial charge in [0.25, 0.3) is 0 Å². The molecule has 3 nitrogen and oxygen atoms in total. The zero-order valence-electron chi connectivity index (χ0n) is 33.6. The van der Waals surface area contributed by atoms with Gasteiger partial charge in [0.15, 0.2) is 5.78 Å². The number of pyridine rings is 1. The zero-order valence-corrected chi connectivity index (χ0v) is 37.7. The van der Waals surface area contributed by atoms with Gasteiger partial charge >= 0.3 is 222 Å². The maximum atomic E-state index is 11.7. The Kier molecular flexibility index (Phi) is 13.3. The molecule has 0 saturated heterocycles. The summed E-state index contributed by atoms with van der Waals surface area (Å²) in [5.41, 5.74) is 8.72. The maximum Gasteiger partial charge on any atom is 0 e. The van der Waals surface area contributed by atoms with Gasteiger partial charge in [-0.2, -0.15) is 0 Å². The molecule has 0 aliphatic heterocycles. The van der Waals surface area contributed by atoms with Gasteiger partial charge in [0, 0.05) is 38.0 Å². The van der Waals surface area contributed by atoms with E-state index < -0.39 is 0 Å². The van der Waals surface area contributed by atoms with Gasteiger partial charge in [-0.05, 0) is 25.7 Å². The van der Waals surface area contributed by atoms with Crippen molar-refractivity contribution >= 4 is 50.4 Å². The van der Waals surface area contributed by atoms with Gasteiger partial charge in [-0.25, -0.2) is 0 Å². The quantitative estimate of drug-likeness (QED) is 0.0730. The first-order chi connectivity index (χ1) is 24.0. The van der Waals surface area contributed by atoms with Crippen molar-refractivity contribution in [2.24, 2.45) is 11.8 Å². The van der Waals surface area contributed by atoms with Crippen LogP contribution in [0.5, 0.6) is 0 Å². The number of ketones is 1. The Balaban J connectivity index is 0.000000323. The molecule has 0 amide bonds. The fourth-order valence-electron chi connectivity index (χ4n) is 8.11. The summed E-state index contributed by atoms with van der Waals surface area (Å²) in [6, 6.07) is 19.6. The van der Waals surface area contributed by atoms with Gasteiger partial charge in [0.2, 0.25) is 0 Å². The molecule has 0 saturated carbocycles. The molecule has 0 bridgehead atoms. The Labute approximate surface area is 333 Å². The number of benzene rings is 3. The van der Waals surface area contributed by atoms with E-state index in [2.05, 4.69) is 104 Å². The minimum Gasteiger partial charge on any atom is 0 e. The van der Waals surface area contributed by atoms with Crippen molar-refractivity contribution in [3.63, 3.8) is 0 Å². The van der Waals surface area contributed by atoms with E-state index in [0.29, 0.717) is 0 Å². The molecule has 2 heterocycles. The van der Waals surface area contributed by atoms with Crippen molar-refractivity contribution in [2.75, 3.05) is 0 Å². The molecule has 281 valence electrons. The van der Waals surface area contributed by atoms with E-state index in [1.54, 1.807) is 15.4 Å². The van der Waals surface area contributed by atoms with E-state index in [-0.39, 0.29) is 74.2 Å². The number of carbonyl (C=O) groups excluding carboxylic acids is 1. The molecular formula is C47H60IrNO2Se-. The van der Waals surface area contributed by atoms with Gasteiger partial charge in [-0.1, -0.05) is 27.7 Å². The summed E-state index contributed by atoms with van der Waals surface area (Å²) in [6.07, 6.45) is 9.42. The van der Waals surface area contributed by atoms with Crippen LogP contribution in [-0.2, 0) is 41.1 Å². The van der Waals surface area contributed by atoms with Gasteiger partial charge in [0.05, 0.1) is 5.76 Å². The molecule has 0 atom stereocenters. The summed E-state index contributed by atoms with van der Waals surface area (Å²) in [5.74, 6) is 0.547. The third kappa shape index (κ3) is 8.24. The van der Waals surface area contributed by atoms with Crippen LogP contribution in [0.15, 0.2) is 60.5 Å². The van der Waals surface area contributed by atoms with Gasteiger partial charge < -0.3 is 5.11 Å². The molecule has 0 fully saturated rings. The predicted octanol–water partition coefficient (Wildman–Crippen LogP) is 12.9. The summed E-state index contributed by atoms with van der Waals surface area (Å²) in [4.78, 5) is 16.7. The third-order valence-corrected chi connectivity index (χ3v) is 14.1. The van der Waals surface area contributed by atoms with Crippen LogP contribution in [0.25, 0.3) is 41.3 Å². The number of allylic oxidation sites excluding steroid dienone is 2. The second-order valence-electron chi connectivity index (χ2n) is 17.1. The van der Waals surface area contributed by atoms with Crippen LogP contribution in [-0.4, -0.2) is 30.4 Å². The molecule has 0 spiro atoms. The van der Waals surface area contributed by atoms with Crippen LogP contribution in [0.1, 0.15) is 137 Å². The summed E-state index contributed by atoms with van der Waals surface area (Å²) in [5, 5.41) is 15.1. The number of nitrogens with zero attached hydrogens (tertiary/aromatic N) is 1. The third-order valence-electron chi connectivity index (χ3n) is 11.6. The minimum atomic E-state index is 0. The molecule has 6 rings (SSSR count). The Bertz CT molecular complexity index is 2090. The van der Waals surface area contributed by atoms with E-state index in [1.807, 2.05) is 33.9 Å². The second kappa shape index (κ2) is 16.4. The Morgan fingerprint density at radius 2 is 1.52 bits per heavy atom. The van der Waals surface area contributed by atoms with Crippen LogP contribution < -0.4 is 0 Å². The van der Waals surface area contributed by atoms with Crippen molar-refractivity contribution < 1.29 is 30.0 Å². The van der Waals surface area contributed by atoms with Gasteiger partial charge in [0.1, 0.15) is 0 Å². The Morgan fingerprint density at radius 3 is 2.13 bits per heavy atom. The van der Waals surface area contributed by atoms with E-state index >= 15 is 0 Å². The Morgan fingerprint density at radius 1 is 0.904 bits per heavy atom. The zero-order chi connectivity index (χ0) is 37.5. The molecule has 5 aromatic rings. The first kappa shape index (κ1) is 42.2. The SMILES string of the molecule is CCC(CC)C(=O)/C=C(\O)C(CC)CC.Cc1cc2c(c3[se]c4c(-c5[c-]c6ccccc6c(C(C)(C)C)c5)nccc4c13)C(C)(C)CCC2(C)C.[Ir]. The molecule has 5 heteroatoms. The van der Waals surface area contributed by atoms with Crippen molar-refractivity contribution in [3.8, 4) is 11.3 Å². The normalized spacial score (nSPS) is 15.5. The van der Waals surface area contributed by atoms with E-state index in [1.165, 1.54) is 55.8 Å². The number of hydrogen-bond donors (Lipinski definition) is 1. The number of aryl methyl sites for hydroxylation is 1. The molecule has 1 aliphatic carbocycles. The number of aliphatic hydroxyl groups is 1.